The van der Waals surface area contributed by atoms with Crippen molar-refractivity contribution >= 4 is 5.91 Å². The van der Waals surface area contributed by atoms with E-state index in [1.807, 2.05) is 0 Å². The molecule has 0 saturated carbocycles. The highest BCUT2D eigenvalue weighted by Gasteiger charge is 2.44. The second-order valence-electron chi connectivity index (χ2n) is 29.9. The largest absolute Gasteiger partial charge is 0.394 e. The van der Waals surface area contributed by atoms with E-state index in [2.05, 4.69) is 19.2 Å². The summed E-state index contributed by atoms with van der Waals surface area (Å²) in [5.74, 6) is -0.684. The lowest BCUT2D eigenvalue weighted by atomic mass is 9.98. The van der Waals surface area contributed by atoms with Crippen LogP contribution >= 0.6 is 0 Å². The first kappa shape index (κ1) is 90.1. The van der Waals surface area contributed by atoms with E-state index in [-0.39, 0.29) is 6.42 Å². The summed E-state index contributed by atoms with van der Waals surface area (Å²) in [6.07, 6.45) is 78.1. The van der Waals surface area contributed by atoms with Crippen molar-refractivity contribution in [1.82, 2.24) is 5.32 Å². The van der Waals surface area contributed by atoms with Gasteiger partial charge in [-0.05, 0) is 12.8 Å². The summed E-state index contributed by atoms with van der Waals surface area (Å²) in [6, 6.07) is -1.17. The molecule has 0 aromatic carbocycles. The van der Waals surface area contributed by atoms with E-state index < -0.39 is 74.2 Å². The van der Waals surface area contributed by atoms with Crippen molar-refractivity contribution in [3.05, 3.63) is 0 Å². The van der Waals surface area contributed by atoms with Gasteiger partial charge < -0.3 is 50.5 Å². The summed E-state index contributed by atoms with van der Waals surface area (Å²) in [6.45, 7) is 3.55. The number of hydrogen-bond acceptors (Lipinski definition) is 10. The SMILES string of the molecule is CCCCCCCCCCCCCCCCCCCCCCCCCCCCCCCCCCCCCCC(O)C(=O)NC(COC1OC(CO)C(O)C(O)C1O)C(O)C(O)CCCCCCCCCCCCCCCCCCCCCCCCCCCCCCCC. The van der Waals surface area contributed by atoms with E-state index in [1.54, 1.807) is 0 Å². The van der Waals surface area contributed by atoms with Crippen LogP contribution in [-0.2, 0) is 14.3 Å². The van der Waals surface area contributed by atoms with Crippen LogP contribution in [0.5, 0.6) is 0 Å². The molecule has 1 fully saturated rings. The van der Waals surface area contributed by atoms with Gasteiger partial charge in [-0.1, -0.05) is 438 Å². The zero-order valence-electron chi connectivity index (χ0n) is 62.0. The van der Waals surface area contributed by atoms with Crippen molar-refractivity contribution in [2.24, 2.45) is 0 Å². The Balaban J connectivity index is 2.09. The molecular weight excluding hydrogens is 1160 g/mol. The van der Waals surface area contributed by atoms with Gasteiger partial charge in [0.1, 0.15) is 36.6 Å². The fourth-order valence-electron chi connectivity index (χ4n) is 14.3. The minimum atomic E-state index is -1.66. The van der Waals surface area contributed by atoms with Crippen LogP contribution in [0.3, 0.4) is 0 Å². The Morgan fingerprint density at radius 1 is 0.333 bits per heavy atom. The quantitative estimate of drug-likeness (QED) is 0.0272. The van der Waals surface area contributed by atoms with Crippen LogP contribution in [0.2, 0.25) is 0 Å². The van der Waals surface area contributed by atoms with Gasteiger partial charge in [0.05, 0.1) is 25.4 Å². The Bertz CT molecular complexity index is 1470. The van der Waals surface area contributed by atoms with Gasteiger partial charge in [0, 0.05) is 0 Å². The zero-order chi connectivity index (χ0) is 67.4. The van der Waals surface area contributed by atoms with E-state index in [9.17, 15) is 40.5 Å². The highest BCUT2D eigenvalue weighted by atomic mass is 16.7. The number of ether oxygens (including phenoxy) is 2. The van der Waals surface area contributed by atoms with Crippen LogP contribution in [0.15, 0.2) is 0 Å². The molecule has 93 heavy (non-hydrogen) atoms. The summed E-state index contributed by atoms with van der Waals surface area (Å²) in [5.41, 5.74) is 0. The molecular formula is C82H163NO10. The van der Waals surface area contributed by atoms with Gasteiger partial charge in [-0.15, -0.1) is 0 Å². The third-order valence-electron chi connectivity index (χ3n) is 20.9. The molecule has 0 aromatic rings. The van der Waals surface area contributed by atoms with E-state index in [4.69, 9.17) is 9.47 Å². The lowest BCUT2D eigenvalue weighted by Gasteiger charge is -2.40. The van der Waals surface area contributed by atoms with Crippen LogP contribution < -0.4 is 5.32 Å². The zero-order valence-corrected chi connectivity index (χ0v) is 62.0. The molecule has 1 aliphatic rings. The maximum Gasteiger partial charge on any atom is 0.249 e. The molecule has 0 bridgehead atoms. The van der Waals surface area contributed by atoms with Gasteiger partial charge in [-0.3, -0.25) is 4.79 Å². The van der Waals surface area contributed by atoms with E-state index in [0.717, 1.165) is 38.5 Å². The first-order chi connectivity index (χ1) is 45.7. The second-order valence-corrected chi connectivity index (χ2v) is 29.9. The summed E-state index contributed by atoms with van der Waals surface area (Å²) in [4.78, 5) is 13.3. The number of aliphatic hydroxyl groups excluding tert-OH is 7. The van der Waals surface area contributed by atoms with E-state index >= 15 is 0 Å². The summed E-state index contributed by atoms with van der Waals surface area (Å²) in [7, 11) is 0. The number of carbonyl (C=O) groups excluding carboxylic acids is 1. The molecule has 0 radical (unpaired) electrons. The molecule has 1 saturated heterocycles. The molecule has 1 rings (SSSR count). The van der Waals surface area contributed by atoms with Crippen LogP contribution in [-0.4, -0.2) is 110 Å². The molecule has 9 atom stereocenters. The van der Waals surface area contributed by atoms with Crippen molar-refractivity contribution in [1.29, 1.82) is 0 Å². The van der Waals surface area contributed by atoms with Crippen molar-refractivity contribution in [3.8, 4) is 0 Å². The smallest absolute Gasteiger partial charge is 0.249 e. The minimum absolute atomic E-state index is 0.268. The fourth-order valence-corrected chi connectivity index (χ4v) is 14.3. The number of carbonyl (C=O) groups is 1. The predicted molar refractivity (Wildman–Crippen MR) is 395 cm³/mol. The first-order valence-corrected chi connectivity index (χ1v) is 41.9. The Labute approximate surface area is 577 Å². The third-order valence-corrected chi connectivity index (χ3v) is 20.9. The highest BCUT2D eigenvalue weighted by molar-refractivity contribution is 5.80. The highest BCUT2D eigenvalue weighted by Crippen LogP contribution is 2.25. The van der Waals surface area contributed by atoms with Crippen LogP contribution in [0.1, 0.15) is 450 Å². The van der Waals surface area contributed by atoms with Gasteiger partial charge >= 0.3 is 0 Å². The number of aliphatic hydroxyl groups is 7. The molecule has 0 spiro atoms. The fraction of sp³-hybridized carbons (Fsp3) is 0.988. The average Bonchev–Trinajstić information content (AvgIpc) is 1.04. The maximum atomic E-state index is 13.3. The monoisotopic (exact) mass is 1320 g/mol. The van der Waals surface area contributed by atoms with Crippen molar-refractivity contribution < 1.29 is 50.0 Å². The maximum absolute atomic E-state index is 13.3. The van der Waals surface area contributed by atoms with Crippen LogP contribution in [0, 0.1) is 0 Å². The minimum Gasteiger partial charge on any atom is -0.394 e. The molecule has 11 nitrogen and oxygen atoms in total. The molecule has 1 aliphatic heterocycles. The van der Waals surface area contributed by atoms with Gasteiger partial charge in [-0.2, -0.15) is 0 Å². The second kappa shape index (κ2) is 71.0. The summed E-state index contributed by atoms with van der Waals surface area (Å²) in [5, 5.41) is 76.8. The number of hydrogen-bond donors (Lipinski definition) is 8. The van der Waals surface area contributed by atoms with Crippen molar-refractivity contribution in [3.63, 3.8) is 0 Å². The lowest BCUT2D eigenvalue weighted by molar-refractivity contribution is -0.303. The Morgan fingerprint density at radius 3 is 0.796 bits per heavy atom. The summed E-state index contributed by atoms with van der Waals surface area (Å²) < 4.78 is 11.2. The molecule has 1 heterocycles. The molecule has 0 aromatic heterocycles. The van der Waals surface area contributed by atoms with Crippen LogP contribution in [0.4, 0.5) is 0 Å². The molecule has 8 N–H and O–H groups in total. The third kappa shape index (κ3) is 57.6. The van der Waals surface area contributed by atoms with Gasteiger partial charge in [0.2, 0.25) is 5.91 Å². The standard InChI is InChI=1S/C82H163NO10/c1-3-5-7-9-11-13-15-17-19-21-23-25-27-29-31-33-35-36-37-38-39-40-42-44-46-48-50-52-54-56-58-60-62-64-66-68-70-75(86)81(91)83-73(72-92-82-80(90)79(89)78(88)76(71-84)93-82)77(87)74(85)69-67-65-63-61-59-57-55-53-51-49-47-45-43-41-34-32-30-28-26-24-22-20-18-16-14-12-10-8-6-4-2/h73-80,82,84-90H,3-72H2,1-2H3,(H,83,91). The van der Waals surface area contributed by atoms with E-state index in [0.29, 0.717) is 19.3 Å². The number of amides is 1. The number of rotatable bonds is 76. The lowest BCUT2D eigenvalue weighted by Crippen LogP contribution is -2.60. The van der Waals surface area contributed by atoms with Crippen LogP contribution in [0.25, 0.3) is 0 Å². The Morgan fingerprint density at radius 2 is 0.559 bits per heavy atom. The first-order valence-electron chi connectivity index (χ1n) is 41.9. The molecule has 1 amide bonds. The number of unbranched alkanes of at least 4 members (excludes halogenated alkanes) is 64. The van der Waals surface area contributed by atoms with Gasteiger partial charge in [0.25, 0.3) is 0 Å². The topological polar surface area (TPSA) is 189 Å². The Hall–Kier alpha value is -0.890. The average molecular weight is 1320 g/mol. The molecule has 11 heteroatoms. The molecule has 9 unspecified atom stereocenters. The Kier molecular flexibility index (Phi) is 68.8. The van der Waals surface area contributed by atoms with Gasteiger partial charge in [0.15, 0.2) is 6.29 Å². The molecule has 0 aliphatic carbocycles. The predicted octanol–water partition coefficient (Wildman–Crippen LogP) is 21.9. The molecule has 556 valence electrons. The van der Waals surface area contributed by atoms with Crippen molar-refractivity contribution in [2.75, 3.05) is 13.2 Å². The normalized spacial score (nSPS) is 18.1. The van der Waals surface area contributed by atoms with Gasteiger partial charge in [-0.25, -0.2) is 0 Å². The van der Waals surface area contributed by atoms with Crippen molar-refractivity contribution in [2.45, 2.75) is 506 Å². The number of nitrogens with one attached hydrogen (secondary N) is 1. The summed E-state index contributed by atoms with van der Waals surface area (Å²) >= 11 is 0. The van der Waals surface area contributed by atoms with E-state index in [1.165, 1.54) is 372 Å².